The van der Waals surface area contributed by atoms with Crippen LogP contribution in [0.25, 0.3) is 9.88 Å². The predicted octanol–water partition coefficient (Wildman–Crippen LogP) is 3.85. The van der Waals surface area contributed by atoms with Crippen molar-refractivity contribution in [2.45, 2.75) is 23.9 Å². The molecule has 1 aromatic carbocycles. The number of nitrogens with zero attached hydrogens (tertiary/aromatic N) is 2. The van der Waals surface area contributed by atoms with E-state index in [4.69, 9.17) is 23.2 Å². The van der Waals surface area contributed by atoms with Crippen LogP contribution in [0.3, 0.4) is 0 Å². The quantitative estimate of drug-likeness (QED) is 0.471. The van der Waals surface area contributed by atoms with E-state index in [2.05, 4.69) is 15.6 Å². The van der Waals surface area contributed by atoms with Gasteiger partial charge in [0.1, 0.15) is 15.9 Å². The first-order valence-corrected chi connectivity index (χ1v) is 13.4. The van der Waals surface area contributed by atoms with Gasteiger partial charge in [-0.25, -0.2) is 13.4 Å². The molecule has 0 fully saturated rings. The molecule has 4 rings (SSSR count). The van der Waals surface area contributed by atoms with Gasteiger partial charge in [-0.3, -0.25) is 13.9 Å². The molecule has 0 saturated heterocycles. The largest absolute Gasteiger partial charge is 0.350 e. The van der Waals surface area contributed by atoms with E-state index in [1.807, 2.05) is 22.9 Å². The van der Waals surface area contributed by atoms with Gasteiger partial charge >= 0.3 is 0 Å². The topological polar surface area (TPSA) is 108 Å². The lowest BCUT2D eigenvalue weighted by Crippen LogP contribution is -2.51. The molecule has 0 radical (unpaired) electrons. The SMILES string of the molecule is O=C(C[C@@H]1C(=O)NC=CN1S(=O)(=O)c1cccc(Cl)c1Cl)NCc1csc(-c2cccs2)n1. The first-order chi connectivity index (χ1) is 15.8. The van der Waals surface area contributed by atoms with E-state index in [-0.39, 0.29) is 21.5 Å². The summed E-state index contributed by atoms with van der Waals surface area (Å²) in [5, 5.41) is 9.67. The van der Waals surface area contributed by atoms with Crippen molar-refractivity contribution in [3.8, 4) is 9.88 Å². The van der Waals surface area contributed by atoms with Gasteiger partial charge in [-0.1, -0.05) is 35.3 Å². The maximum Gasteiger partial charge on any atom is 0.266 e. The summed E-state index contributed by atoms with van der Waals surface area (Å²) in [5.74, 6) is -1.14. The lowest BCUT2D eigenvalue weighted by molar-refractivity contribution is -0.129. The van der Waals surface area contributed by atoms with Crippen molar-refractivity contribution in [2.75, 3.05) is 0 Å². The number of carbonyl (C=O) groups is 2. The number of thiophene rings is 1. The monoisotopic (exact) mass is 542 g/mol. The minimum absolute atomic E-state index is 0.0580. The Bertz CT molecular complexity index is 1320. The second kappa shape index (κ2) is 9.82. The molecule has 3 heterocycles. The van der Waals surface area contributed by atoms with Crippen molar-refractivity contribution in [1.82, 2.24) is 19.9 Å². The fourth-order valence-electron chi connectivity index (χ4n) is 3.07. The molecule has 2 amide bonds. The highest BCUT2D eigenvalue weighted by molar-refractivity contribution is 7.89. The van der Waals surface area contributed by atoms with Crippen LogP contribution in [0.2, 0.25) is 10.0 Å². The molecular formula is C20H16Cl2N4O4S3. The molecule has 2 aromatic heterocycles. The summed E-state index contributed by atoms with van der Waals surface area (Å²) in [6, 6.07) is 6.77. The molecule has 13 heteroatoms. The Morgan fingerprint density at radius 1 is 1.21 bits per heavy atom. The maximum absolute atomic E-state index is 13.2. The Balaban J connectivity index is 1.47. The molecule has 1 aliphatic rings. The molecule has 0 spiro atoms. The number of halogens is 2. The standard InChI is InChI=1S/C20H16Cl2N4O4S3/c21-13-3-1-5-16(18(13)22)33(29,30)26-7-6-23-19(28)14(26)9-17(27)24-10-12-11-32-20(25-12)15-4-2-8-31-15/h1-8,11,14H,9-10H2,(H,23,28)(H,24,27)/t14-/m1/s1. The number of amides is 2. The highest BCUT2D eigenvalue weighted by atomic mass is 35.5. The Morgan fingerprint density at radius 3 is 2.79 bits per heavy atom. The molecule has 0 aliphatic carbocycles. The average molecular weight is 543 g/mol. The number of hydrogen-bond donors (Lipinski definition) is 2. The fourth-order valence-corrected chi connectivity index (χ4v) is 6.90. The van der Waals surface area contributed by atoms with Gasteiger partial charge in [-0.2, -0.15) is 0 Å². The van der Waals surface area contributed by atoms with Crippen LogP contribution in [-0.4, -0.2) is 35.6 Å². The van der Waals surface area contributed by atoms with Crippen molar-refractivity contribution in [1.29, 1.82) is 0 Å². The zero-order chi connectivity index (χ0) is 23.6. The lowest BCUT2D eigenvalue weighted by Gasteiger charge is -2.31. The fraction of sp³-hybridized carbons (Fsp3) is 0.150. The van der Waals surface area contributed by atoms with E-state index >= 15 is 0 Å². The number of aromatic nitrogens is 1. The van der Waals surface area contributed by atoms with Crippen LogP contribution in [-0.2, 0) is 26.2 Å². The molecular weight excluding hydrogens is 527 g/mol. The van der Waals surface area contributed by atoms with Crippen molar-refractivity contribution in [2.24, 2.45) is 0 Å². The summed E-state index contributed by atoms with van der Waals surface area (Å²) >= 11 is 15.1. The highest BCUT2D eigenvalue weighted by Gasteiger charge is 2.38. The number of benzene rings is 1. The zero-order valence-electron chi connectivity index (χ0n) is 16.7. The minimum Gasteiger partial charge on any atom is -0.350 e. The van der Waals surface area contributed by atoms with Gasteiger partial charge in [0.2, 0.25) is 11.8 Å². The minimum atomic E-state index is -4.25. The number of rotatable bonds is 7. The highest BCUT2D eigenvalue weighted by Crippen LogP contribution is 2.33. The summed E-state index contributed by atoms with van der Waals surface area (Å²) in [4.78, 5) is 30.3. The van der Waals surface area contributed by atoms with Crippen LogP contribution >= 0.6 is 45.9 Å². The molecule has 1 aliphatic heterocycles. The number of nitrogens with one attached hydrogen (secondary N) is 2. The first-order valence-electron chi connectivity index (χ1n) is 9.47. The third-order valence-corrected chi connectivity index (χ3v) is 9.35. The number of sulfonamides is 1. The number of thiazole rings is 1. The van der Waals surface area contributed by atoms with Crippen molar-refractivity contribution in [3.63, 3.8) is 0 Å². The molecule has 33 heavy (non-hydrogen) atoms. The molecule has 0 unspecified atom stereocenters. The van der Waals surface area contributed by atoms with E-state index in [9.17, 15) is 18.0 Å². The summed E-state index contributed by atoms with van der Waals surface area (Å²) in [7, 11) is -4.25. The number of carbonyl (C=O) groups excluding carboxylic acids is 2. The van der Waals surface area contributed by atoms with Gasteiger partial charge in [-0.05, 0) is 23.6 Å². The van der Waals surface area contributed by atoms with Crippen LogP contribution < -0.4 is 10.6 Å². The molecule has 172 valence electrons. The smallest absolute Gasteiger partial charge is 0.266 e. The van der Waals surface area contributed by atoms with Gasteiger partial charge in [0.25, 0.3) is 10.0 Å². The molecule has 0 saturated carbocycles. The van der Waals surface area contributed by atoms with Gasteiger partial charge in [0, 0.05) is 17.8 Å². The summed E-state index contributed by atoms with van der Waals surface area (Å²) < 4.78 is 27.2. The van der Waals surface area contributed by atoms with E-state index in [0.29, 0.717) is 5.69 Å². The molecule has 1 atom stereocenters. The molecule has 0 bridgehead atoms. The maximum atomic E-state index is 13.2. The Morgan fingerprint density at radius 2 is 2.03 bits per heavy atom. The lowest BCUT2D eigenvalue weighted by atomic mass is 10.1. The Labute approximate surface area is 207 Å². The van der Waals surface area contributed by atoms with Crippen molar-refractivity contribution >= 4 is 67.7 Å². The molecule has 2 N–H and O–H groups in total. The van der Waals surface area contributed by atoms with E-state index < -0.39 is 34.3 Å². The van der Waals surface area contributed by atoms with E-state index in [0.717, 1.165) is 14.2 Å². The van der Waals surface area contributed by atoms with Gasteiger partial charge in [-0.15, -0.1) is 22.7 Å². The van der Waals surface area contributed by atoms with Crippen LogP contribution in [0, 0.1) is 0 Å². The second-order valence-corrected chi connectivity index (χ2v) is 11.2. The van der Waals surface area contributed by atoms with Gasteiger partial charge in [0.05, 0.1) is 33.6 Å². The molecule has 3 aromatic rings. The third kappa shape index (κ3) is 5.07. The summed E-state index contributed by atoms with van der Waals surface area (Å²) in [5.41, 5.74) is 0.667. The third-order valence-electron chi connectivity index (χ3n) is 4.66. The Kier molecular flexibility index (Phi) is 7.05. The van der Waals surface area contributed by atoms with Crippen LogP contribution in [0.5, 0.6) is 0 Å². The van der Waals surface area contributed by atoms with Crippen LogP contribution in [0.4, 0.5) is 0 Å². The number of hydrogen-bond acceptors (Lipinski definition) is 7. The summed E-state index contributed by atoms with van der Waals surface area (Å²) in [6.45, 7) is 0.151. The van der Waals surface area contributed by atoms with E-state index in [1.54, 1.807) is 11.3 Å². The average Bonchev–Trinajstić information content (AvgIpc) is 3.47. The van der Waals surface area contributed by atoms with Gasteiger partial charge in [0.15, 0.2) is 0 Å². The predicted molar refractivity (Wildman–Crippen MR) is 128 cm³/mol. The first kappa shape index (κ1) is 23.7. The zero-order valence-corrected chi connectivity index (χ0v) is 20.7. The normalized spacial score (nSPS) is 16.0. The Hall–Kier alpha value is -2.44. The second-order valence-electron chi connectivity index (χ2n) is 6.83. The van der Waals surface area contributed by atoms with E-state index in [1.165, 1.54) is 41.9 Å². The van der Waals surface area contributed by atoms with Crippen molar-refractivity contribution in [3.05, 3.63) is 69.2 Å². The molecule has 8 nitrogen and oxygen atoms in total. The van der Waals surface area contributed by atoms with Gasteiger partial charge < -0.3 is 10.6 Å². The van der Waals surface area contributed by atoms with Crippen LogP contribution in [0.1, 0.15) is 12.1 Å². The van der Waals surface area contributed by atoms with Crippen molar-refractivity contribution < 1.29 is 18.0 Å². The van der Waals surface area contributed by atoms with Crippen LogP contribution in [0.15, 0.2) is 58.4 Å². The summed E-state index contributed by atoms with van der Waals surface area (Å²) in [6.07, 6.45) is 1.98.